The molecule has 12 heteroatoms. The summed E-state index contributed by atoms with van der Waals surface area (Å²) in [6.45, 7) is 2.34. The summed E-state index contributed by atoms with van der Waals surface area (Å²) < 4.78 is 38.0. The molecule has 0 spiro atoms. The molecule has 1 aromatic heterocycles. The van der Waals surface area contributed by atoms with Crippen molar-refractivity contribution < 1.29 is 22.7 Å². The predicted molar refractivity (Wildman–Crippen MR) is 122 cm³/mol. The second kappa shape index (κ2) is 9.96. The van der Waals surface area contributed by atoms with Crippen LogP contribution in [0.2, 0.25) is 0 Å². The van der Waals surface area contributed by atoms with Crippen LogP contribution < -0.4 is 19.7 Å². The van der Waals surface area contributed by atoms with Gasteiger partial charge in [0, 0.05) is 38.2 Å². The smallest absolute Gasteiger partial charge is 0.246 e. The summed E-state index contributed by atoms with van der Waals surface area (Å²) in [5, 5.41) is 9.79. The Morgan fingerprint density at radius 1 is 1.06 bits per heavy atom. The highest BCUT2D eigenvalue weighted by molar-refractivity contribution is 7.89. The maximum absolute atomic E-state index is 13.1. The van der Waals surface area contributed by atoms with Gasteiger partial charge in [-0.25, -0.2) is 13.5 Å². The fraction of sp³-hybridized carbons (Fsp3) is 0.571. The molecule has 180 valence electrons. The summed E-state index contributed by atoms with van der Waals surface area (Å²) >= 11 is 0. The quantitative estimate of drug-likeness (QED) is 0.617. The van der Waals surface area contributed by atoms with E-state index < -0.39 is 10.0 Å². The number of nitrogens with zero attached hydrogens (tertiary/aromatic N) is 4. The molecule has 0 aliphatic carbocycles. The first kappa shape index (κ1) is 23.3. The van der Waals surface area contributed by atoms with Crippen LogP contribution in [0, 0.1) is 5.92 Å². The number of carbonyl (C=O) groups is 1. The van der Waals surface area contributed by atoms with Crippen LogP contribution in [0.15, 0.2) is 23.1 Å². The summed E-state index contributed by atoms with van der Waals surface area (Å²) in [7, 11) is -0.749. The summed E-state index contributed by atoms with van der Waals surface area (Å²) in [6.07, 6.45) is 4.28. The van der Waals surface area contributed by atoms with Crippen molar-refractivity contribution in [3.8, 4) is 11.5 Å². The minimum atomic E-state index is -3.70. The first-order valence-electron chi connectivity index (χ1n) is 11.1. The maximum Gasteiger partial charge on any atom is 0.246 e. The molecule has 0 radical (unpaired) electrons. The maximum atomic E-state index is 13.1. The number of aromatic amines is 1. The fourth-order valence-electron chi connectivity index (χ4n) is 4.25. The van der Waals surface area contributed by atoms with E-state index in [0.717, 1.165) is 25.9 Å². The number of carbonyl (C=O) groups excluding carboxylic acids is 1. The van der Waals surface area contributed by atoms with Crippen molar-refractivity contribution in [1.29, 1.82) is 0 Å². The second-order valence-corrected chi connectivity index (χ2v) is 10.2. The highest BCUT2D eigenvalue weighted by Crippen LogP contribution is 2.32. The molecule has 0 bridgehead atoms. The van der Waals surface area contributed by atoms with E-state index in [1.807, 2.05) is 0 Å². The topological polar surface area (TPSA) is 130 Å². The van der Waals surface area contributed by atoms with Gasteiger partial charge < -0.3 is 14.4 Å². The summed E-state index contributed by atoms with van der Waals surface area (Å²) in [5.41, 5.74) is 0. The number of anilines is 2. The number of hydrogen-bond donors (Lipinski definition) is 2. The SMILES string of the molecule is COc1ccc(S(=O)(=O)N2CCC(C(=O)Nc3nc(N4CCCCC4)n[nH]3)CC2)cc1OC. The van der Waals surface area contributed by atoms with E-state index in [2.05, 4.69) is 25.4 Å². The zero-order chi connectivity index (χ0) is 23.4. The molecule has 0 atom stereocenters. The third kappa shape index (κ3) is 5.06. The average molecular weight is 479 g/mol. The molecule has 1 amide bonds. The minimum absolute atomic E-state index is 0.134. The first-order chi connectivity index (χ1) is 15.9. The number of ether oxygens (including phenoxy) is 2. The van der Waals surface area contributed by atoms with Crippen molar-refractivity contribution in [3.63, 3.8) is 0 Å². The van der Waals surface area contributed by atoms with Gasteiger partial charge in [0.2, 0.25) is 27.8 Å². The van der Waals surface area contributed by atoms with Crippen molar-refractivity contribution in [1.82, 2.24) is 19.5 Å². The van der Waals surface area contributed by atoms with Crippen LogP contribution in [0.3, 0.4) is 0 Å². The standard InChI is InChI=1S/C21H30N6O5S/c1-31-17-7-6-16(14-18(17)32-2)33(29,30)27-12-8-15(9-13-27)19(28)22-20-23-21(25-24-20)26-10-4-3-5-11-26/h6-7,14-15H,3-5,8-13H2,1-2H3,(H2,22,23,24,25,28). The molecule has 3 heterocycles. The van der Waals surface area contributed by atoms with Crippen LogP contribution in [0.25, 0.3) is 0 Å². The van der Waals surface area contributed by atoms with Crippen LogP contribution in [-0.4, -0.2) is 74.2 Å². The van der Waals surface area contributed by atoms with E-state index in [-0.39, 0.29) is 29.8 Å². The Morgan fingerprint density at radius 3 is 2.42 bits per heavy atom. The van der Waals surface area contributed by atoms with E-state index in [4.69, 9.17) is 9.47 Å². The predicted octanol–water partition coefficient (Wildman–Crippen LogP) is 1.85. The van der Waals surface area contributed by atoms with Gasteiger partial charge in [0.25, 0.3) is 0 Å². The summed E-state index contributed by atoms with van der Waals surface area (Å²) in [5.74, 6) is 1.25. The summed E-state index contributed by atoms with van der Waals surface area (Å²) in [6, 6.07) is 4.53. The number of hydrogen-bond acceptors (Lipinski definition) is 8. The molecule has 4 rings (SSSR count). The Hall–Kier alpha value is -2.86. The number of nitrogens with one attached hydrogen (secondary N) is 2. The largest absolute Gasteiger partial charge is 0.493 e. The monoisotopic (exact) mass is 478 g/mol. The van der Waals surface area contributed by atoms with E-state index in [1.54, 1.807) is 6.07 Å². The van der Waals surface area contributed by atoms with Crippen molar-refractivity contribution >= 4 is 27.8 Å². The Labute approximate surface area is 193 Å². The van der Waals surface area contributed by atoms with Crippen LogP contribution in [-0.2, 0) is 14.8 Å². The lowest BCUT2D eigenvalue weighted by atomic mass is 9.97. The Bertz CT molecular complexity index is 1070. The van der Waals surface area contributed by atoms with E-state index in [0.29, 0.717) is 36.2 Å². The number of aromatic nitrogens is 3. The van der Waals surface area contributed by atoms with Crippen LogP contribution in [0.1, 0.15) is 32.1 Å². The van der Waals surface area contributed by atoms with Gasteiger partial charge in [-0.15, -0.1) is 5.10 Å². The van der Waals surface area contributed by atoms with Gasteiger partial charge in [-0.3, -0.25) is 10.1 Å². The van der Waals surface area contributed by atoms with E-state index >= 15 is 0 Å². The molecule has 0 unspecified atom stereocenters. The highest BCUT2D eigenvalue weighted by Gasteiger charge is 2.33. The van der Waals surface area contributed by atoms with Gasteiger partial charge in [-0.05, 0) is 44.2 Å². The van der Waals surface area contributed by atoms with Gasteiger partial charge >= 0.3 is 0 Å². The lowest BCUT2D eigenvalue weighted by Crippen LogP contribution is -2.41. The van der Waals surface area contributed by atoms with Crippen molar-refractivity contribution in [2.24, 2.45) is 5.92 Å². The third-order valence-corrected chi connectivity index (χ3v) is 8.07. The summed E-state index contributed by atoms with van der Waals surface area (Å²) in [4.78, 5) is 19.4. The van der Waals surface area contributed by atoms with Crippen LogP contribution in [0.5, 0.6) is 11.5 Å². The lowest BCUT2D eigenvalue weighted by molar-refractivity contribution is -0.121. The third-order valence-electron chi connectivity index (χ3n) is 6.17. The van der Waals surface area contributed by atoms with Crippen LogP contribution >= 0.6 is 0 Å². The highest BCUT2D eigenvalue weighted by atomic mass is 32.2. The van der Waals surface area contributed by atoms with Crippen molar-refractivity contribution in [3.05, 3.63) is 18.2 Å². The Balaban J connectivity index is 1.34. The number of amides is 1. The molecule has 2 fully saturated rings. The first-order valence-corrected chi connectivity index (χ1v) is 12.6. The molecular formula is C21H30N6O5S. The van der Waals surface area contributed by atoms with Crippen molar-refractivity contribution in [2.45, 2.75) is 37.0 Å². The Morgan fingerprint density at radius 2 is 1.76 bits per heavy atom. The Kier molecular flexibility index (Phi) is 7.03. The minimum Gasteiger partial charge on any atom is -0.493 e. The molecule has 11 nitrogen and oxygen atoms in total. The fourth-order valence-corrected chi connectivity index (χ4v) is 5.73. The zero-order valence-corrected chi connectivity index (χ0v) is 19.7. The molecule has 0 saturated carbocycles. The number of rotatable bonds is 7. The second-order valence-electron chi connectivity index (χ2n) is 8.22. The van der Waals surface area contributed by atoms with Crippen molar-refractivity contribution in [2.75, 3.05) is 50.6 Å². The molecular weight excluding hydrogens is 448 g/mol. The number of methoxy groups -OCH3 is 2. The zero-order valence-electron chi connectivity index (χ0n) is 18.9. The number of piperidine rings is 2. The number of benzene rings is 1. The molecule has 33 heavy (non-hydrogen) atoms. The molecule has 2 saturated heterocycles. The van der Waals surface area contributed by atoms with Crippen LogP contribution in [0.4, 0.5) is 11.9 Å². The van der Waals surface area contributed by atoms with Gasteiger partial charge in [-0.2, -0.15) is 9.29 Å². The normalized spacial score (nSPS) is 18.2. The molecule has 2 aliphatic rings. The van der Waals surface area contributed by atoms with Gasteiger partial charge in [-0.1, -0.05) is 0 Å². The van der Waals surface area contributed by atoms with Gasteiger partial charge in [0.15, 0.2) is 11.5 Å². The van der Waals surface area contributed by atoms with E-state index in [9.17, 15) is 13.2 Å². The number of sulfonamides is 1. The number of H-pyrrole nitrogens is 1. The van der Waals surface area contributed by atoms with Gasteiger partial charge in [0.1, 0.15) is 0 Å². The van der Waals surface area contributed by atoms with Gasteiger partial charge in [0.05, 0.1) is 19.1 Å². The molecule has 2 aromatic rings. The molecule has 2 N–H and O–H groups in total. The lowest BCUT2D eigenvalue weighted by Gasteiger charge is -2.30. The molecule has 2 aliphatic heterocycles. The van der Waals surface area contributed by atoms with E-state index in [1.165, 1.54) is 37.1 Å². The molecule has 1 aromatic carbocycles. The average Bonchev–Trinajstić information content (AvgIpc) is 3.32.